The van der Waals surface area contributed by atoms with Crippen LogP contribution in [0.15, 0.2) is 15.8 Å². The molecule has 0 bridgehead atoms. The summed E-state index contributed by atoms with van der Waals surface area (Å²) in [4.78, 5) is 24.6. The first-order valence-corrected chi connectivity index (χ1v) is 5.14. The van der Waals surface area contributed by atoms with Crippen LogP contribution in [0, 0.1) is 5.41 Å². The average Bonchev–Trinajstić information content (AvgIpc) is 2.98. The summed E-state index contributed by atoms with van der Waals surface area (Å²) in [6.07, 6.45) is 1.72. The van der Waals surface area contributed by atoms with Crippen LogP contribution in [-0.4, -0.2) is 33.0 Å². The van der Waals surface area contributed by atoms with Crippen LogP contribution < -0.4 is 11.2 Å². The minimum absolute atomic E-state index is 0.0868. The van der Waals surface area contributed by atoms with E-state index in [9.17, 15) is 9.59 Å². The van der Waals surface area contributed by atoms with Crippen molar-refractivity contribution in [3.05, 3.63) is 32.1 Å². The molecule has 7 heteroatoms. The maximum atomic E-state index is 11.5. The van der Waals surface area contributed by atoms with E-state index >= 15 is 0 Å². The van der Waals surface area contributed by atoms with Crippen molar-refractivity contribution in [1.82, 2.24) is 9.55 Å². The van der Waals surface area contributed by atoms with Gasteiger partial charge in [0.25, 0.3) is 5.56 Å². The zero-order valence-electron chi connectivity index (χ0n) is 8.31. The van der Waals surface area contributed by atoms with Crippen LogP contribution in [-0.2, 0) is 0 Å². The molecule has 1 atom stereocenters. The van der Waals surface area contributed by atoms with E-state index in [1.165, 1.54) is 10.8 Å². The normalized spacial score (nSPS) is 22.1. The van der Waals surface area contributed by atoms with Gasteiger partial charge in [-0.15, -0.1) is 0 Å². The van der Waals surface area contributed by atoms with Crippen molar-refractivity contribution >= 4 is 11.6 Å². The minimum atomic E-state index is -0.675. The molecule has 1 unspecified atom stereocenters. The number of aliphatic hydroxyl groups is 2. The third-order valence-electron chi connectivity index (χ3n) is 3.04. The fourth-order valence-electron chi connectivity index (χ4n) is 1.80. The smallest absolute Gasteiger partial charge is 0.328 e. The van der Waals surface area contributed by atoms with E-state index in [-0.39, 0.29) is 24.3 Å². The average molecular weight is 247 g/mol. The molecule has 0 aliphatic heterocycles. The van der Waals surface area contributed by atoms with Gasteiger partial charge in [0.2, 0.25) is 0 Å². The van der Waals surface area contributed by atoms with E-state index < -0.39 is 16.7 Å². The Labute approximate surface area is 95.1 Å². The quantitative estimate of drug-likeness (QED) is 0.645. The molecule has 88 valence electrons. The van der Waals surface area contributed by atoms with Crippen LogP contribution in [0.25, 0.3) is 0 Å². The highest BCUT2D eigenvalue weighted by Gasteiger charge is 2.55. The molecule has 1 aromatic heterocycles. The standard InChI is InChI=1S/C9H11ClN2O4/c10-5-2-12(8(16)11-7(5)15)6-1-9(6,3-13)4-14/h2,6,13-14H,1,3-4H2,(H,11,15,16). The summed E-state index contributed by atoms with van der Waals surface area (Å²) < 4.78 is 1.25. The van der Waals surface area contributed by atoms with Gasteiger partial charge in [-0.1, -0.05) is 11.6 Å². The van der Waals surface area contributed by atoms with E-state index in [0.29, 0.717) is 6.42 Å². The Hall–Kier alpha value is -1.11. The highest BCUT2D eigenvalue weighted by molar-refractivity contribution is 6.30. The molecule has 0 radical (unpaired) electrons. The van der Waals surface area contributed by atoms with Gasteiger partial charge in [-0.25, -0.2) is 4.79 Å². The first-order chi connectivity index (χ1) is 7.54. The van der Waals surface area contributed by atoms with E-state index in [0.717, 1.165) is 0 Å². The highest BCUT2D eigenvalue weighted by Crippen LogP contribution is 2.54. The van der Waals surface area contributed by atoms with Crippen molar-refractivity contribution in [2.75, 3.05) is 13.2 Å². The topological polar surface area (TPSA) is 95.3 Å². The Balaban J connectivity index is 2.41. The fourth-order valence-corrected chi connectivity index (χ4v) is 1.95. The van der Waals surface area contributed by atoms with Gasteiger partial charge >= 0.3 is 5.69 Å². The van der Waals surface area contributed by atoms with Gasteiger partial charge in [-0.2, -0.15) is 0 Å². The van der Waals surface area contributed by atoms with Crippen molar-refractivity contribution in [2.24, 2.45) is 5.41 Å². The molecule has 3 N–H and O–H groups in total. The molecule has 1 fully saturated rings. The van der Waals surface area contributed by atoms with Gasteiger partial charge < -0.3 is 10.2 Å². The third-order valence-corrected chi connectivity index (χ3v) is 3.31. The monoisotopic (exact) mass is 246 g/mol. The number of halogens is 1. The van der Waals surface area contributed by atoms with Crippen molar-refractivity contribution in [1.29, 1.82) is 0 Å². The highest BCUT2D eigenvalue weighted by atomic mass is 35.5. The number of aliphatic hydroxyl groups excluding tert-OH is 2. The predicted molar refractivity (Wildman–Crippen MR) is 56.6 cm³/mol. The van der Waals surface area contributed by atoms with Gasteiger partial charge in [-0.3, -0.25) is 14.3 Å². The lowest BCUT2D eigenvalue weighted by Crippen LogP contribution is -2.31. The summed E-state index contributed by atoms with van der Waals surface area (Å²) in [5, 5.41) is 18.2. The summed E-state index contributed by atoms with van der Waals surface area (Å²) in [6, 6.07) is -0.315. The molecular weight excluding hydrogens is 236 g/mol. The Morgan fingerprint density at radius 2 is 2.12 bits per heavy atom. The second-order valence-electron chi connectivity index (χ2n) is 4.04. The van der Waals surface area contributed by atoms with E-state index in [2.05, 4.69) is 4.98 Å². The number of hydrogen-bond donors (Lipinski definition) is 3. The number of aromatic amines is 1. The number of H-pyrrole nitrogens is 1. The van der Waals surface area contributed by atoms with Crippen molar-refractivity contribution in [3.63, 3.8) is 0 Å². The molecule has 6 nitrogen and oxygen atoms in total. The van der Waals surface area contributed by atoms with Crippen molar-refractivity contribution in [2.45, 2.75) is 12.5 Å². The lowest BCUT2D eigenvalue weighted by Gasteiger charge is -2.11. The van der Waals surface area contributed by atoms with Gasteiger partial charge in [-0.05, 0) is 6.42 Å². The molecule has 0 saturated heterocycles. The predicted octanol–water partition coefficient (Wildman–Crippen LogP) is -0.894. The lowest BCUT2D eigenvalue weighted by molar-refractivity contribution is 0.122. The van der Waals surface area contributed by atoms with Crippen LogP contribution in [0.3, 0.4) is 0 Å². The van der Waals surface area contributed by atoms with Gasteiger partial charge in [0.15, 0.2) is 0 Å². The summed E-state index contributed by atoms with van der Waals surface area (Å²) in [7, 11) is 0. The number of nitrogens with one attached hydrogen (secondary N) is 1. The minimum Gasteiger partial charge on any atom is -0.396 e. The molecule has 1 aliphatic carbocycles. The second kappa shape index (κ2) is 3.73. The van der Waals surface area contributed by atoms with E-state index in [4.69, 9.17) is 21.8 Å². The molecule has 1 heterocycles. The Kier molecular flexibility index (Phi) is 2.65. The maximum absolute atomic E-state index is 11.5. The maximum Gasteiger partial charge on any atom is 0.328 e. The van der Waals surface area contributed by atoms with Gasteiger partial charge in [0.05, 0.1) is 13.2 Å². The Morgan fingerprint density at radius 1 is 1.50 bits per heavy atom. The molecule has 1 saturated carbocycles. The summed E-state index contributed by atoms with van der Waals surface area (Å²) >= 11 is 5.61. The molecule has 1 aromatic rings. The number of rotatable bonds is 3. The van der Waals surface area contributed by atoms with Crippen LogP contribution in [0.1, 0.15) is 12.5 Å². The molecule has 0 amide bonds. The first kappa shape index (κ1) is 11.4. The number of aromatic nitrogens is 2. The number of nitrogens with zero attached hydrogens (tertiary/aromatic N) is 1. The SMILES string of the molecule is O=c1[nH]c(=O)n(C2CC2(CO)CO)cc1Cl. The van der Waals surface area contributed by atoms with Crippen LogP contribution in [0.2, 0.25) is 5.02 Å². The fraction of sp³-hybridized carbons (Fsp3) is 0.556. The Bertz CT molecular complexity index is 517. The molecular formula is C9H11ClN2O4. The summed E-state index contributed by atoms with van der Waals surface area (Å²) in [6.45, 7) is -0.422. The molecule has 16 heavy (non-hydrogen) atoms. The zero-order valence-corrected chi connectivity index (χ0v) is 9.07. The summed E-state index contributed by atoms with van der Waals surface area (Å²) in [5.41, 5.74) is -1.89. The molecule has 2 rings (SSSR count). The molecule has 0 spiro atoms. The third kappa shape index (κ3) is 1.59. The summed E-state index contributed by atoms with van der Waals surface area (Å²) in [5.74, 6) is 0. The lowest BCUT2D eigenvalue weighted by atomic mass is 10.1. The van der Waals surface area contributed by atoms with Gasteiger partial charge in [0.1, 0.15) is 5.02 Å². The van der Waals surface area contributed by atoms with Crippen LogP contribution in [0.4, 0.5) is 0 Å². The van der Waals surface area contributed by atoms with E-state index in [1.807, 2.05) is 0 Å². The zero-order chi connectivity index (χ0) is 11.9. The number of hydrogen-bond acceptors (Lipinski definition) is 4. The van der Waals surface area contributed by atoms with E-state index in [1.54, 1.807) is 0 Å². The largest absolute Gasteiger partial charge is 0.396 e. The molecule has 1 aliphatic rings. The second-order valence-corrected chi connectivity index (χ2v) is 4.45. The van der Waals surface area contributed by atoms with Gasteiger partial charge in [0, 0.05) is 17.7 Å². The Morgan fingerprint density at radius 3 is 2.62 bits per heavy atom. The molecule has 0 aromatic carbocycles. The van der Waals surface area contributed by atoms with Crippen molar-refractivity contribution in [3.8, 4) is 0 Å². The first-order valence-electron chi connectivity index (χ1n) is 4.77. The van der Waals surface area contributed by atoms with Crippen LogP contribution >= 0.6 is 11.6 Å². The van der Waals surface area contributed by atoms with Crippen LogP contribution in [0.5, 0.6) is 0 Å². The van der Waals surface area contributed by atoms with Crippen molar-refractivity contribution < 1.29 is 10.2 Å².